The van der Waals surface area contributed by atoms with Crippen LogP contribution in [-0.2, 0) is 6.42 Å². The molecule has 0 saturated carbocycles. The van der Waals surface area contributed by atoms with Crippen molar-refractivity contribution < 1.29 is 0 Å². The molecule has 12 rings (SSSR count). The van der Waals surface area contributed by atoms with Gasteiger partial charge < -0.3 is 0 Å². The normalized spacial score (nSPS) is 13.5. The van der Waals surface area contributed by atoms with Crippen LogP contribution in [0.1, 0.15) is 24.5 Å². The van der Waals surface area contributed by atoms with E-state index in [2.05, 4.69) is 187 Å². The van der Waals surface area contributed by atoms with Crippen molar-refractivity contribution in [3.8, 4) is 0 Å². The minimum Gasteiger partial charge on any atom is -0.293 e. The molecule has 1 aliphatic rings. The maximum Gasteiger partial charge on any atom is 0.146 e. The van der Waals surface area contributed by atoms with Crippen molar-refractivity contribution in [1.82, 2.24) is 4.57 Å². The molecule has 1 aromatic heterocycles. The molecule has 0 atom stereocenters. The first-order valence-corrected chi connectivity index (χ1v) is 19.7. The minimum absolute atomic E-state index is 0.835. The highest BCUT2D eigenvalue weighted by molar-refractivity contribution is 6.40. The largest absolute Gasteiger partial charge is 0.293 e. The van der Waals surface area contributed by atoms with E-state index in [0.29, 0.717) is 0 Å². The van der Waals surface area contributed by atoms with Gasteiger partial charge in [-0.2, -0.15) is 0 Å². The number of rotatable bonds is 2. The second-order valence-corrected chi connectivity index (χ2v) is 15.3. The zero-order valence-electron chi connectivity index (χ0n) is 31.1. The van der Waals surface area contributed by atoms with Gasteiger partial charge in [0.25, 0.3) is 0 Å². The molecule has 0 N–H and O–H groups in total. The summed E-state index contributed by atoms with van der Waals surface area (Å²) < 4.78 is 2.50. The molecule has 0 saturated heterocycles. The minimum atomic E-state index is 0.835. The van der Waals surface area contributed by atoms with Gasteiger partial charge in [0.2, 0.25) is 0 Å². The van der Waals surface area contributed by atoms with E-state index < -0.39 is 0 Å². The molecule has 2 nitrogen and oxygen atoms in total. The summed E-state index contributed by atoms with van der Waals surface area (Å²) in [4.78, 5) is 5.86. The fourth-order valence-electron chi connectivity index (χ4n) is 9.88. The van der Waals surface area contributed by atoms with Gasteiger partial charge in [-0.05, 0) is 107 Å². The van der Waals surface area contributed by atoms with E-state index in [9.17, 15) is 0 Å². The number of hydrogen-bond acceptors (Lipinski definition) is 1. The van der Waals surface area contributed by atoms with Gasteiger partial charge in [-0.1, -0.05) is 164 Å². The Bertz CT molecular complexity index is 3510. The summed E-state index contributed by atoms with van der Waals surface area (Å²) in [5, 5.41) is 17.7. The Morgan fingerprint density at radius 1 is 0.446 bits per heavy atom. The number of allylic oxidation sites excluding steroid dienone is 2. The molecule has 0 unspecified atom stereocenters. The Morgan fingerprint density at radius 2 is 0.982 bits per heavy atom. The number of hydrogen-bond donors (Lipinski definition) is 0. The van der Waals surface area contributed by atoms with Gasteiger partial charge in [-0.3, -0.25) is 4.57 Å². The van der Waals surface area contributed by atoms with Gasteiger partial charge in [0.05, 0.1) is 16.7 Å². The van der Waals surface area contributed by atoms with E-state index in [4.69, 9.17) is 4.99 Å². The highest BCUT2D eigenvalue weighted by atomic mass is 15.1. The molecule has 2 heteroatoms. The number of aromatic nitrogens is 1. The van der Waals surface area contributed by atoms with E-state index in [0.717, 1.165) is 24.4 Å². The quantitative estimate of drug-likeness (QED) is 0.159. The number of fused-ring (bicyclic) bond motifs is 16. The summed E-state index contributed by atoms with van der Waals surface area (Å²) in [5.41, 5.74) is 8.47. The topological polar surface area (TPSA) is 17.3 Å². The first kappa shape index (κ1) is 31.3. The van der Waals surface area contributed by atoms with Gasteiger partial charge in [-0.25, -0.2) is 4.99 Å². The zero-order valence-corrected chi connectivity index (χ0v) is 31.1. The third-order valence-electron chi connectivity index (χ3n) is 12.4. The Morgan fingerprint density at radius 3 is 1.73 bits per heavy atom. The highest BCUT2D eigenvalue weighted by Crippen LogP contribution is 2.46. The average Bonchev–Trinajstić information content (AvgIpc) is 3.51. The molecular weight excluding hydrogens is 677 g/mol. The molecule has 0 aliphatic carbocycles. The Labute approximate surface area is 324 Å². The van der Waals surface area contributed by atoms with Crippen molar-refractivity contribution in [2.24, 2.45) is 4.99 Å². The Hall–Kier alpha value is -7.03. The predicted molar refractivity (Wildman–Crippen MR) is 241 cm³/mol. The summed E-state index contributed by atoms with van der Waals surface area (Å²) in [5.74, 6) is 0.978. The summed E-state index contributed by atoms with van der Waals surface area (Å²) in [6.07, 6.45) is 1.74. The van der Waals surface area contributed by atoms with Gasteiger partial charge in [0.1, 0.15) is 5.84 Å². The zero-order chi connectivity index (χ0) is 36.9. The maximum absolute atomic E-state index is 5.86. The van der Waals surface area contributed by atoms with E-state index in [1.165, 1.54) is 109 Å². The molecule has 10 aromatic carbocycles. The van der Waals surface area contributed by atoms with Crippen LogP contribution < -0.4 is 0 Å². The second-order valence-electron chi connectivity index (χ2n) is 15.3. The molecule has 56 heavy (non-hydrogen) atoms. The molecule has 0 fully saturated rings. The van der Waals surface area contributed by atoms with Crippen LogP contribution in [0.15, 0.2) is 186 Å². The standard InChI is InChI=1S/C54H36N2/c1-2-33-32-46-39-17-7-5-14-35(39)25-28-47(46)55-54(50(33)38-24-23-34-13-3-4-16-37(34)31-38)56-48-29-26-36-15-6-8-18-40(36)52(48)53-49(56)30-27-45-43-21-10-9-19-41(43)42-20-11-12-22-44(42)51(45)53/h3-31H,2,32H2,1H3. The lowest BCUT2D eigenvalue weighted by Gasteiger charge is -2.19. The van der Waals surface area contributed by atoms with Crippen LogP contribution in [0.2, 0.25) is 0 Å². The molecule has 0 radical (unpaired) electrons. The smallest absolute Gasteiger partial charge is 0.146 e. The van der Waals surface area contributed by atoms with Crippen LogP contribution in [0.3, 0.4) is 0 Å². The van der Waals surface area contributed by atoms with Crippen molar-refractivity contribution in [2.45, 2.75) is 19.8 Å². The van der Waals surface area contributed by atoms with Crippen molar-refractivity contribution in [1.29, 1.82) is 0 Å². The lowest BCUT2D eigenvalue weighted by molar-refractivity contribution is 1.02. The van der Waals surface area contributed by atoms with Crippen LogP contribution >= 0.6 is 0 Å². The predicted octanol–water partition coefficient (Wildman–Crippen LogP) is 14.7. The molecule has 0 bridgehead atoms. The monoisotopic (exact) mass is 712 g/mol. The first-order valence-electron chi connectivity index (χ1n) is 19.7. The van der Waals surface area contributed by atoms with Crippen LogP contribution in [0.25, 0.3) is 92.0 Å². The van der Waals surface area contributed by atoms with E-state index >= 15 is 0 Å². The molecule has 11 aromatic rings. The molecule has 2 heterocycles. The SMILES string of the molecule is CCC1=C(c2ccc3ccccc3c2)C(n2c3ccc4ccccc4c3c3c4c5ccccc5c5ccccc5c4ccc32)=Nc2ccc3ccccc3c2C1. The second kappa shape index (κ2) is 12.0. The van der Waals surface area contributed by atoms with Crippen molar-refractivity contribution in [2.75, 3.05) is 0 Å². The van der Waals surface area contributed by atoms with Crippen molar-refractivity contribution in [3.63, 3.8) is 0 Å². The Balaban J connectivity index is 1.30. The van der Waals surface area contributed by atoms with Gasteiger partial charge in [-0.15, -0.1) is 0 Å². The number of aliphatic imine (C=N–C) groups is 1. The van der Waals surface area contributed by atoms with Crippen LogP contribution in [0.4, 0.5) is 5.69 Å². The summed E-state index contributed by atoms with van der Waals surface area (Å²) in [7, 11) is 0. The highest BCUT2D eigenvalue weighted by Gasteiger charge is 2.28. The van der Waals surface area contributed by atoms with Gasteiger partial charge in [0, 0.05) is 21.7 Å². The van der Waals surface area contributed by atoms with E-state index in [-0.39, 0.29) is 0 Å². The third kappa shape index (κ3) is 4.41. The van der Waals surface area contributed by atoms with Crippen LogP contribution in [0, 0.1) is 0 Å². The lowest BCUT2D eigenvalue weighted by atomic mass is 9.90. The summed E-state index contributed by atoms with van der Waals surface area (Å²) >= 11 is 0. The van der Waals surface area contributed by atoms with Crippen LogP contribution in [-0.4, -0.2) is 10.4 Å². The summed E-state index contributed by atoms with van der Waals surface area (Å²) in [6, 6.07) is 65.1. The first-order chi connectivity index (χ1) is 27.7. The molecular formula is C54H36N2. The van der Waals surface area contributed by atoms with Gasteiger partial charge in [0.15, 0.2) is 0 Å². The fourth-order valence-corrected chi connectivity index (χ4v) is 9.88. The molecule has 1 aliphatic heterocycles. The summed E-state index contributed by atoms with van der Waals surface area (Å²) in [6.45, 7) is 2.31. The number of nitrogens with zero attached hydrogens (tertiary/aromatic N) is 2. The molecule has 262 valence electrons. The van der Waals surface area contributed by atoms with Crippen molar-refractivity contribution >= 4 is 104 Å². The maximum atomic E-state index is 5.86. The Kier molecular flexibility index (Phi) is 6.71. The fraction of sp³-hybridized carbons (Fsp3) is 0.0556. The van der Waals surface area contributed by atoms with Crippen LogP contribution in [0.5, 0.6) is 0 Å². The van der Waals surface area contributed by atoms with E-state index in [1.54, 1.807) is 0 Å². The lowest BCUT2D eigenvalue weighted by Crippen LogP contribution is -2.15. The third-order valence-corrected chi connectivity index (χ3v) is 12.4. The molecule has 0 amide bonds. The van der Waals surface area contributed by atoms with E-state index in [1.807, 2.05) is 0 Å². The van der Waals surface area contributed by atoms with Crippen molar-refractivity contribution in [3.05, 3.63) is 193 Å². The van der Waals surface area contributed by atoms with Gasteiger partial charge >= 0.3 is 0 Å². The average molecular weight is 713 g/mol. The molecule has 0 spiro atoms. The number of benzene rings is 10.